The average molecular weight is 246 g/mol. The first-order valence-electron chi connectivity index (χ1n) is 5.46. The number of carbonyl (C=O) groups excluding carboxylic acids is 1. The van der Waals surface area contributed by atoms with Gasteiger partial charge in [0.15, 0.2) is 0 Å². The Balaban J connectivity index is 2.04. The maximum absolute atomic E-state index is 12.0. The van der Waals surface area contributed by atoms with Gasteiger partial charge in [0.05, 0.1) is 23.8 Å². The molecule has 2 aromatic rings. The van der Waals surface area contributed by atoms with Crippen molar-refractivity contribution >= 4 is 11.6 Å². The lowest BCUT2D eigenvalue weighted by Gasteiger charge is -2.16. The monoisotopic (exact) mass is 246 g/mol. The molecule has 0 aliphatic heterocycles. The SMILES string of the molecule is CN(C(=O)Cn1cc(CN)nn1)c1cccnc1. The van der Waals surface area contributed by atoms with Gasteiger partial charge in [-0.3, -0.25) is 9.78 Å². The zero-order chi connectivity index (χ0) is 13.0. The first kappa shape index (κ1) is 12.2. The zero-order valence-corrected chi connectivity index (χ0v) is 10.0. The first-order chi connectivity index (χ1) is 8.70. The maximum Gasteiger partial charge on any atom is 0.248 e. The van der Waals surface area contributed by atoms with Crippen molar-refractivity contribution < 1.29 is 4.79 Å². The van der Waals surface area contributed by atoms with E-state index in [0.717, 1.165) is 5.69 Å². The molecule has 0 radical (unpaired) electrons. The molecular weight excluding hydrogens is 232 g/mol. The molecule has 2 aromatic heterocycles. The van der Waals surface area contributed by atoms with Gasteiger partial charge in [0.2, 0.25) is 5.91 Å². The van der Waals surface area contributed by atoms with E-state index in [0.29, 0.717) is 12.2 Å². The highest BCUT2D eigenvalue weighted by Gasteiger charge is 2.12. The Morgan fingerprint density at radius 1 is 1.56 bits per heavy atom. The maximum atomic E-state index is 12.0. The van der Waals surface area contributed by atoms with E-state index in [1.165, 1.54) is 9.58 Å². The summed E-state index contributed by atoms with van der Waals surface area (Å²) in [6.45, 7) is 0.436. The van der Waals surface area contributed by atoms with Crippen molar-refractivity contribution in [2.24, 2.45) is 5.73 Å². The number of hydrogen-bond acceptors (Lipinski definition) is 5. The summed E-state index contributed by atoms with van der Waals surface area (Å²) in [6.07, 6.45) is 4.95. The quantitative estimate of drug-likeness (QED) is 0.806. The number of nitrogens with zero attached hydrogens (tertiary/aromatic N) is 5. The van der Waals surface area contributed by atoms with Crippen LogP contribution in [0, 0.1) is 0 Å². The van der Waals surface area contributed by atoms with E-state index in [1.54, 1.807) is 31.7 Å². The molecule has 0 fully saturated rings. The van der Waals surface area contributed by atoms with Crippen LogP contribution in [-0.2, 0) is 17.9 Å². The highest BCUT2D eigenvalue weighted by atomic mass is 16.2. The van der Waals surface area contributed by atoms with Gasteiger partial charge in [0.25, 0.3) is 0 Å². The second-order valence-corrected chi connectivity index (χ2v) is 3.78. The second-order valence-electron chi connectivity index (χ2n) is 3.78. The Bertz CT molecular complexity index is 523. The Labute approximate surface area is 104 Å². The highest BCUT2D eigenvalue weighted by molar-refractivity contribution is 5.92. The standard InChI is InChI=1S/C11H14N6O/c1-16(10-3-2-4-13-6-10)11(18)8-17-7-9(5-12)14-15-17/h2-4,6-7H,5,8,12H2,1H3. The molecule has 2 rings (SSSR count). The minimum atomic E-state index is -0.100. The van der Waals surface area contributed by atoms with Crippen LogP contribution in [0.2, 0.25) is 0 Å². The number of carbonyl (C=O) groups is 1. The van der Waals surface area contributed by atoms with Crippen LogP contribution in [0.15, 0.2) is 30.7 Å². The number of anilines is 1. The summed E-state index contributed by atoms with van der Waals surface area (Å²) in [4.78, 5) is 17.5. The summed E-state index contributed by atoms with van der Waals surface area (Å²) in [5.74, 6) is -0.100. The molecule has 0 saturated carbocycles. The molecular formula is C11H14N6O. The fourth-order valence-electron chi connectivity index (χ4n) is 1.45. The van der Waals surface area contributed by atoms with E-state index in [9.17, 15) is 4.79 Å². The third-order valence-corrected chi connectivity index (χ3v) is 2.50. The van der Waals surface area contributed by atoms with Crippen molar-refractivity contribution in [3.8, 4) is 0 Å². The first-order valence-corrected chi connectivity index (χ1v) is 5.46. The van der Waals surface area contributed by atoms with Gasteiger partial charge in [0.1, 0.15) is 6.54 Å². The zero-order valence-electron chi connectivity index (χ0n) is 10.0. The number of nitrogens with two attached hydrogens (primary N) is 1. The lowest BCUT2D eigenvalue weighted by Crippen LogP contribution is -2.30. The number of rotatable bonds is 4. The molecule has 0 bridgehead atoms. The van der Waals surface area contributed by atoms with Crippen LogP contribution in [-0.4, -0.2) is 32.9 Å². The van der Waals surface area contributed by atoms with Crippen molar-refractivity contribution in [3.05, 3.63) is 36.4 Å². The van der Waals surface area contributed by atoms with E-state index in [2.05, 4.69) is 15.3 Å². The van der Waals surface area contributed by atoms with Crippen LogP contribution in [0.1, 0.15) is 5.69 Å². The van der Waals surface area contributed by atoms with Crippen LogP contribution in [0.4, 0.5) is 5.69 Å². The van der Waals surface area contributed by atoms with Crippen molar-refractivity contribution in [1.29, 1.82) is 0 Å². The van der Waals surface area contributed by atoms with E-state index >= 15 is 0 Å². The molecule has 94 valence electrons. The lowest BCUT2D eigenvalue weighted by molar-refractivity contribution is -0.119. The minimum Gasteiger partial charge on any atom is -0.325 e. The van der Waals surface area contributed by atoms with Crippen LogP contribution >= 0.6 is 0 Å². The summed E-state index contributed by atoms with van der Waals surface area (Å²) in [7, 11) is 1.69. The third kappa shape index (κ3) is 2.69. The number of likely N-dealkylation sites (N-methyl/N-ethyl adjacent to an activating group) is 1. The minimum absolute atomic E-state index is 0.100. The van der Waals surface area contributed by atoms with Gasteiger partial charge >= 0.3 is 0 Å². The fraction of sp³-hybridized carbons (Fsp3) is 0.273. The molecule has 0 aliphatic carbocycles. The summed E-state index contributed by atoms with van der Waals surface area (Å²) in [5.41, 5.74) is 6.82. The Morgan fingerprint density at radius 3 is 3.00 bits per heavy atom. The third-order valence-electron chi connectivity index (χ3n) is 2.50. The van der Waals surface area contributed by atoms with Crippen LogP contribution in [0.3, 0.4) is 0 Å². The number of aromatic nitrogens is 4. The van der Waals surface area contributed by atoms with Crippen LogP contribution in [0.25, 0.3) is 0 Å². The fourth-order valence-corrected chi connectivity index (χ4v) is 1.45. The van der Waals surface area contributed by atoms with E-state index in [4.69, 9.17) is 5.73 Å². The molecule has 0 saturated heterocycles. The summed E-state index contributed by atoms with van der Waals surface area (Å²) < 4.78 is 1.47. The second kappa shape index (κ2) is 5.37. The van der Waals surface area contributed by atoms with E-state index in [1.807, 2.05) is 6.07 Å². The topological polar surface area (TPSA) is 89.9 Å². The van der Waals surface area contributed by atoms with Crippen LogP contribution < -0.4 is 10.6 Å². The van der Waals surface area contributed by atoms with Gasteiger partial charge in [0, 0.05) is 19.8 Å². The number of hydrogen-bond donors (Lipinski definition) is 1. The van der Waals surface area contributed by atoms with Gasteiger partial charge in [-0.25, -0.2) is 4.68 Å². The van der Waals surface area contributed by atoms with Gasteiger partial charge in [-0.2, -0.15) is 0 Å². The predicted molar refractivity (Wildman–Crippen MR) is 65.6 cm³/mol. The Kier molecular flexibility index (Phi) is 3.63. The van der Waals surface area contributed by atoms with Gasteiger partial charge in [-0.05, 0) is 12.1 Å². The Hall–Kier alpha value is -2.28. The van der Waals surface area contributed by atoms with Crippen molar-refractivity contribution in [1.82, 2.24) is 20.0 Å². The molecule has 1 amide bonds. The molecule has 0 unspecified atom stereocenters. The van der Waals surface area contributed by atoms with Gasteiger partial charge < -0.3 is 10.6 Å². The summed E-state index contributed by atoms with van der Waals surface area (Å²) in [5, 5.41) is 7.65. The molecule has 0 aromatic carbocycles. The normalized spacial score (nSPS) is 10.3. The van der Waals surface area contributed by atoms with Crippen molar-refractivity contribution in [2.75, 3.05) is 11.9 Å². The molecule has 18 heavy (non-hydrogen) atoms. The number of amides is 1. The van der Waals surface area contributed by atoms with E-state index in [-0.39, 0.29) is 12.5 Å². The summed E-state index contributed by atoms with van der Waals surface area (Å²) in [6, 6.07) is 3.60. The molecule has 0 aliphatic rings. The number of pyridine rings is 1. The smallest absolute Gasteiger partial charge is 0.248 e. The van der Waals surface area contributed by atoms with Crippen molar-refractivity contribution in [3.63, 3.8) is 0 Å². The van der Waals surface area contributed by atoms with Crippen LogP contribution in [0.5, 0.6) is 0 Å². The Morgan fingerprint density at radius 2 is 2.39 bits per heavy atom. The molecule has 2 heterocycles. The largest absolute Gasteiger partial charge is 0.325 e. The highest BCUT2D eigenvalue weighted by Crippen LogP contribution is 2.09. The van der Waals surface area contributed by atoms with Crippen molar-refractivity contribution in [2.45, 2.75) is 13.1 Å². The van der Waals surface area contributed by atoms with Gasteiger partial charge in [-0.1, -0.05) is 5.21 Å². The predicted octanol–water partition coefficient (Wildman–Crippen LogP) is -0.205. The lowest BCUT2D eigenvalue weighted by atomic mass is 10.3. The molecule has 2 N–H and O–H groups in total. The summed E-state index contributed by atoms with van der Waals surface area (Å²) >= 11 is 0. The van der Waals surface area contributed by atoms with E-state index < -0.39 is 0 Å². The average Bonchev–Trinajstić information content (AvgIpc) is 2.86. The molecule has 0 atom stereocenters. The van der Waals surface area contributed by atoms with Gasteiger partial charge in [-0.15, -0.1) is 5.10 Å². The molecule has 7 nitrogen and oxygen atoms in total. The molecule has 0 spiro atoms. The molecule has 7 heteroatoms.